The molecule has 116 valence electrons. The molecular weight excluding hydrogens is 314 g/mol. The number of hydrogen-bond donors (Lipinski definition) is 2. The fourth-order valence-electron chi connectivity index (χ4n) is 1.79. The van der Waals surface area contributed by atoms with Crippen LogP contribution >= 0.6 is 0 Å². The summed E-state index contributed by atoms with van der Waals surface area (Å²) in [6, 6.07) is 16.1. The summed E-state index contributed by atoms with van der Waals surface area (Å²) in [4.78, 5) is 12.0. The lowest BCUT2D eigenvalue weighted by Gasteiger charge is -2.05. The van der Waals surface area contributed by atoms with Crippen LogP contribution in [-0.4, -0.2) is 14.3 Å². The monoisotopic (exact) mass is 327 g/mol. The molecule has 2 aromatic rings. The Labute approximate surface area is 133 Å². The number of nitriles is 1. The Bertz CT molecular complexity index is 880. The molecule has 0 aliphatic carbocycles. The van der Waals surface area contributed by atoms with E-state index in [1.807, 2.05) is 12.1 Å². The number of nitrogens with two attached hydrogens (primary N) is 1. The Hall–Kier alpha value is -2.95. The summed E-state index contributed by atoms with van der Waals surface area (Å²) in [7, 11) is -3.79. The van der Waals surface area contributed by atoms with E-state index >= 15 is 0 Å². The highest BCUT2D eigenvalue weighted by molar-refractivity contribution is 7.89. The van der Waals surface area contributed by atoms with E-state index in [-0.39, 0.29) is 10.5 Å². The van der Waals surface area contributed by atoms with Gasteiger partial charge in [0.1, 0.15) is 11.6 Å². The molecule has 0 atom stereocenters. The van der Waals surface area contributed by atoms with Gasteiger partial charge in [-0.2, -0.15) is 5.26 Å². The number of benzene rings is 2. The summed E-state index contributed by atoms with van der Waals surface area (Å²) in [6.07, 6.45) is 1.47. The zero-order valence-electron chi connectivity index (χ0n) is 11.9. The standard InChI is InChI=1S/C16H13N3O3S/c17-11-13(10-12-4-2-1-3-5-12)16(20)19-14-6-8-15(9-7-14)23(18,21)22/h1-10H,(H,19,20)(H2,18,21,22)/b13-10+. The molecule has 0 spiro atoms. The zero-order valence-corrected chi connectivity index (χ0v) is 12.7. The number of nitrogens with zero attached hydrogens (tertiary/aromatic N) is 1. The largest absolute Gasteiger partial charge is 0.321 e. The van der Waals surface area contributed by atoms with Gasteiger partial charge in [-0.3, -0.25) is 4.79 Å². The van der Waals surface area contributed by atoms with Crippen molar-refractivity contribution < 1.29 is 13.2 Å². The van der Waals surface area contributed by atoms with Crippen molar-refractivity contribution in [3.8, 4) is 6.07 Å². The van der Waals surface area contributed by atoms with Crippen LogP contribution in [0.4, 0.5) is 5.69 Å². The van der Waals surface area contributed by atoms with E-state index in [4.69, 9.17) is 10.4 Å². The highest BCUT2D eigenvalue weighted by atomic mass is 32.2. The fourth-order valence-corrected chi connectivity index (χ4v) is 2.31. The normalized spacial score (nSPS) is 11.6. The maximum Gasteiger partial charge on any atom is 0.266 e. The molecule has 0 saturated carbocycles. The molecule has 7 heteroatoms. The van der Waals surface area contributed by atoms with Gasteiger partial charge >= 0.3 is 0 Å². The summed E-state index contributed by atoms with van der Waals surface area (Å²) in [5.74, 6) is -0.584. The summed E-state index contributed by atoms with van der Waals surface area (Å²) in [5, 5.41) is 16.6. The predicted molar refractivity (Wildman–Crippen MR) is 86.5 cm³/mol. The first kappa shape index (κ1) is 16.4. The first-order valence-corrected chi connectivity index (χ1v) is 8.06. The molecule has 23 heavy (non-hydrogen) atoms. The van der Waals surface area contributed by atoms with Gasteiger partial charge in [0, 0.05) is 5.69 Å². The second-order valence-corrected chi connectivity index (χ2v) is 6.17. The second kappa shape index (κ2) is 6.87. The Morgan fingerprint density at radius 1 is 1.09 bits per heavy atom. The molecule has 6 nitrogen and oxygen atoms in total. The second-order valence-electron chi connectivity index (χ2n) is 4.60. The van der Waals surface area contributed by atoms with Crippen LogP contribution in [0.15, 0.2) is 65.1 Å². The van der Waals surface area contributed by atoms with E-state index in [1.165, 1.54) is 30.3 Å². The van der Waals surface area contributed by atoms with Crippen LogP contribution in [0.2, 0.25) is 0 Å². The van der Waals surface area contributed by atoms with E-state index in [1.54, 1.807) is 24.3 Å². The van der Waals surface area contributed by atoms with E-state index in [2.05, 4.69) is 5.32 Å². The molecule has 0 aliphatic rings. The molecule has 0 radical (unpaired) electrons. The maximum absolute atomic E-state index is 12.1. The van der Waals surface area contributed by atoms with Gasteiger partial charge < -0.3 is 5.32 Å². The van der Waals surface area contributed by atoms with Crippen LogP contribution < -0.4 is 10.5 Å². The van der Waals surface area contributed by atoms with Crippen molar-refractivity contribution in [1.82, 2.24) is 0 Å². The lowest BCUT2D eigenvalue weighted by molar-refractivity contribution is -0.112. The molecule has 2 aromatic carbocycles. The van der Waals surface area contributed by atoms with E-state index in [0.717, 1.165) is 5.56 Å². The molecule has 0 fully saturated rings. The van der Waals surface area contributed by atoms with Gasteiger partial charge in [-0.15, -0.1) is 0 Å². The minimum absolute atomic E-state index is 0.0594. The minimum atomic E-state index is -3.79. The lowest BCUT2D eigenvalue weighted by Crippen LogP contribution is -2.14. The third-order valence-electron chi connectivity index (χ3n) is 2.92. The molecule has 0 aromatic heterocycles. The molecule has 0 saturated heterocycles. The molecule has 1 amide bonds. The van der Waals surface area contributed by atoms with Gasteiger partial charge in [-0.25, -0.2) is 13.6 Å². The van der Waals surface area contributed by atoms with Crippen molar-refractivity contribution in [3.05, 3.63) is 65.7 Å². The van der Waals surface area contributed by atoms with Crippen molar-refractivity contribution in [2.24, 2.45) is 5.14 Å². The van der Waals surface area contributed by atoms with Crippen molar-refractivity contribution >= 4 is 27.7 Å². The first-order valence-electron chi connectivity index (χ1n) is 6.51. The maximum atomic E-state index is 12.1. The van der Waals surface area contributed by atoms with Gasteiger partial charge in [0.25, 0.3) is 5.91 Å². The first-order chi connectivity index (χ1) is 10.9. The quantitative estimate of drug-likeness (QED) is 0.659. The number of nitrogens with one attached hydrogen (secondary N) is 1. The van der Waals surface area contributed by atoms with Crippen LogP contribution in [0.3, 0.4) is 0 Å². The van der Waals surface area contributed by atoms with Crippen LogP contribution in [-0.2, 0) is 14.8 Å². The highest BCUT2D eigenvalue weighted by Gasteiger charge is 2.11. The van der Waals surface area contributed by atoms with Crippen LogP contribution in [0.1, 0.15) is 5.56 Å². The Morgan fingerprint density at radius 2 is 1.70 bits per heavy atom. The smallest absolute Gasteiger partial charge is 0.266 e. The van der Waals surface area contributed by atoms with Crippen LogP contribution in [0, 0.1) is 11.3 Å². The third kappa shape index (κ3) is 4.51. The number of sulfonamides is 1. The Balaban J connectivity index is 2.18. The Kier molecular flexibility index (Phi) is 4.91. The van der Waals surface area contributed by atoms with E-state index in [9.17, 15) is 13.2 Å². The summed E-state index contributed by atoms with van der Waals surface area (Å²) in [5.41, 5.74) is 1.02. The van der Waals surface area contributed by atoms with Crippen LogP contribution in [0.25, 0.3) is 6.08 Å². The molecule has 0 aliphatic heterocycles. The number of hydrogen-bond acceptors (Lipinski definition) is 4. The lowest BCUT2D eigenvalue weighted by atomic mass is 10.1. The minimum Gasteiger partial charge on any atom is -0.321 e. The molecule has 0 heterocycles. The summed E-state index contributed by atoms with van der Waals surface area (Å²) >= 11 is 0. The molecule has 0 bridgehead atoms. The average molecular weight is 327 g/mol. The van der Waals surface area contributed by atoms with Gasteiger partial charge in [-0.1, -0.05) is 30.3 Å². The number of anilines is 1. The van der Waals surface area contributed by atoms with Gasteiger partial charge in [0.2, 0.25) is 10.0 Å². The van der Waals surface area contributed by atoms with Crippen LogP contribution in [0.5, 0.6) is 0 Å². The number of rotatable bonds is 4. The van der Waals surface area contributed by atoms with Gasteiger partial charge in [-0.05, 0) is 35.9 Å². The number of amides is 1. The fraction of sp³-hybridized carbons (Fsp3) is 0. The molecule has 0 unspecified atom stereocenters. The molecular formula is C16H13N3O3S. The van der Waals surface area contributed by atoms with Crippen molar-refractivity contribution in [2.45, 2.75) is 4.90 Å². The van der Waals surface area contributed by atoms with E-state index in [0.29, 0.717) is 5.69 Å². The average Bonchev–Trinajstić information content (AvgIpc) is 2.53. The summed E-state index contributed by atoms with van der Waals surface area (Å²) < 4.78 is 22.3. The molecule has 3 N–H and O–H groups in total. The SMILES string of the molecule is N#C/C(=C\c1ccccc1)C(=O)Nc1ccc(S(N)(=O)=O)cc1. The predicted octanol–water partition coefficient (Wildman–Crippen LogP) is 1.88. The van der Waals surface area contributed by atoms with E-state index < -0.39 is 15.9 Å². The molecule has 2 rings (SSSR count). The zero-order chi connectivity index (χ0) is 16.9. The number of carbonyl (C=O) groups excluding carboxylic acids is 1. The van der Waals surface area contributed by atoms with Gasteiger partial charge in [0.05, 0.1) is 4.90 Å². The van der Waals surface area contributed by atoms with Crippen molar-refractivity contribution in [1.29, 1.82) is 5.26 Å². The number of carbonyl (C=O) groups is 1. The highest BCUT2D eigenvalue weighted by Crippen LogP contribution is 2.14. The van der Waals surface area contributed by atoms with Crippen molar-refractivity contribution in [2.75, 3.05) is 5.32 Å². The number of primary sulfonamides is 1. The topological polar surface area (TPSA) is 113 Å². The summed E-state index contributed by atoms with van der Waals surface area (Å²) in [6.45, 7) is 0. The van der Waals surface area contributed by atoms with Gasteiger partial charge in [0.15, 0.2) is 0 Å². The van der Waals surface area contributed by atoms with Crippen molar-refractivity contribution in [3.63, 3.8) is 0 Å². The third-order valence-corrected chi connectivity index (χ3v) is 3.85. The Morgan fingerprint density at radius 3 is 2.22 bits per heavy atom.